The van der Waals surface area contributed by atoms with Crippen LogP contribution in [0.2, 0.25) is 0 Å². The summed E-state index contributed by atoms with van der Waals surface area (Å²) >= 11 is 1.39. The average molecular weight is 208 g/mol. The van der Waals surface area contributed by atoms with Gasteiger partial charge in [-0.1, -0.05) is 11.3 Å². The van der Waals surface area contributed by atoms with E-state index in [9.17, 15) is 0 Å². The van der Waals surface area contributed by atoms with E-state index in [-0.39, 0.29) is 0 Å². The van der Waals surface area contributed by atoms with Crippen LogP contribution in [0, 0.1) is 11.3 Å². The highest BCUT2D eigenvalue weighted by Crippen LogP contribution is 2.29. The molecule has 14 heavy (non-hydrogen) atoms. The molecular weight excluding hydrogens is 196 g/mol. The quantitative estimate of drug-likeness (QED) is 0.761. The molecule has 74 valence electrons. The van der Waals surface area contributed by atoms with Crippen molar-refractivity contribution in [1.29, 1.82) is 5.26 Å². The predicted octanol–water partition coefficient (Wildman–Crippen LogP) is 1.59. The second-order valence-electron chi connectivity index (χ2n) is 3.37. The van der Waals surface area contributed by atoms with Crippen LogP contribution in [0.5, 0.6) is 0 Å². The van der Waals surface area contributed by atoms with Crippen molar-refractivity contribution in [3.05, 3.63) is 4.88 Å². The molecule has 5 heteroatoms. The van der Waals surface area contributed by atoms with Crippen LogP contribution in [-0.2, 0) is 0 Å². The summed E-state index contributed by atoms with van der Waals surface area (Å²) in [6.45, 7) is 2.08. The zero-order chi connectivity index (χ0) is 9.97. The van der Waals surface area contributed by atoms with E-state index in [0.717, 1.165) is 18.2 Å². The van der Waals surface area contributed by atoms with Crippen LogP contribution in [0.1, 0.15) is 24.1 Å². The van der Waals surface area contributed by atoms with E-state index in [2.05, 4.69) is 16.0 Å². The third-order valence-electron chi connectivity index (χ3n) is 2.37. The summed E-state index contributed by atoms with van der Waals surface area (Å²) in [5.41, 5.74) is 5.61. The summed E-state index contributed by atoms with van der Waals surface area (Å²) in [5.74, 6) is 0.373. The van der Waals surface area contributed by atoms with E-state index in [0.29, 0.717) is 10.7 Å². The van der Waals surface area contributed by atoms with Gasteiger partial charge in [0, 0.05) is 13.1 Å². The van der Waals surface area contributed by atoms with Crippen molar-refractivity contribution in [1.82, 2.24) is 4.98 Å². The minimum Gasteiger partial charge on any atom is -0.382 e. The number of nitrogens with zero attached hydrogens (tertiary/aromatic N) is 3. The fraction of sp³-hybridized carbons (Fsp3) is 0.556. The zero-order valence-electron chi connectivity index (χ0n) is 7.86. The molecule has 2 heterocycles. The van der Waals surface area contributed by atoms with E-state index in [4.69, 9.17) is 11.0 Å². The molecule has 0 unspecified atom stereocenters. The largest absolute Gasteiger partial charge is 0.382 e. The predicted molar refractivity (Wildman–Crippen MR) is 57.3 cm³/mol. The number of piperidine rings is 1. The lowest BCUT2D eigenvalue weighted by molar-refractivity contribution is 0.577. The Morgan fingerprint density at radius 3 is 2.64 bits per heavy atom. The van der Waals surface area contributed by atoms with Crippen LogP contribution in [0.3, 0.4) is 0 Å². The van der Waals surface area contributed by atoms with E-state index >= 15 is 0 Å². The summed E-state index contributed by atoms with van der Waals surface area (Å²) < 4.78 is 0. The smallest absolute Gasteiger partial charge is 0.188 e. The van der Waals surface area contributed by atoms with Gasteiger partial charge in [0.1, 0.15) is 10.9 Å². The molecule has 1 aromatic heterocycles. The Morgan fingerprint density at radius 1 is 1.36 bits per heavy atom. The number of hydrogen-bond acceptors (Lipinski definition) is 5. The lowest BCUT2D eigenvalue weighted by Gasteiger charge is -2.25. The molecule has 0 radical (unpaired) electrons. The molecule has 2 rings (SSSR count). The van der Waals surface area contributed by atoms with Gasteiger partial charge in [0.15, 0.2) is 10.9 Å². The van der Waals surface area contributed by atoms with Gasteiger partial charge < -0.3 is 10.6 Å². The maximum atomic E-state index is 8.75. The van der Waals surface area contributed by atoms with Crippen molar-refractivity contribution in [3.63, 3.8) is 0 Å². The first-order valence-electron chi connectivity index (χ1n) is 4.72. The number of hydrogen-bond donors (Lipinski definition) is 1. The highest BCUT2D eigenvalue weighted by Gasteiger charge is 2.16. The highest BCUT2D eigenvalue weighted by atomic mass is 32.1. The van der Waals surface area contributed by atoms with Crippen molar-refractivity contribution < 1.29 is 0 Å². The number of nitrogens with two attached hydrogens (primary N) is 1. The molecular formula is C9H12N4S. The Morgan fingerprint density at radius 2 is 2.07 bits per heavy atom. The minimum atomic E-state index is 0.373. The fourth-order valence-electron chi connectivity index (χ4n) is 1.62. The zero-order valence-corrected chi connectivity index (χ0v) is 8.68. The minimum absolute atomic E-state index is 0.373. The van der Waals surface area contributed by atoms with Gasteiger partial charge in [0.2, 0.25) is 0 Å². The molecule has 2 N–H and O–H groups in total. The van der Waals surface area contributed by atoms with Gasteiger partial charge in [-0.3, -0.25) is 0 Å². The lowest BCUT2D eigenvalue weighted by Crippen LogP contribution is -2.29. The molecule has 0 aromatic carbocycles. The average Bonchev–Trinajstić information content (AvgIpc) is 2.61. The standard InChI is InChI=1S/C9H12N4S/c10-6-7-8(11)12-9(14-7)13-4-2-1-3-5-13/h1-5,11H2. The summed E-state index contributed by atoms with van der Waals surface area (Å²) in [6.07, 6.45) is 3.71. The van der Waals surface area contributed by atoms with Crippen LogP contribution in [0.15, 0.2) is 0 Å². The van der Waals surface area contributed by atoms with Crippen molar-refractivity contribution in [2.75, 3.05) is 23.7 Å². The first-order valence-corrected chi connectivity index (χ1v) is 5.54. The molecule has 0 saturated carbocycles. The third-order valence-corrected chi connectivity index (χ3v) is 3.41. The summed E-state index contributed by atoms with van der Waals surface area (Å²) in [7, 11) is 0. The van der Waals surface area contributed by atoms with Gasteiger partial charge in [-0.25, -0.2) is 4.98 Å². The van der Waals surface area contributed by atoms with E-state index in [1.165, 1.54) is 30.6 Å². The topological polar surface area (TPSA) is 65.9 Å². The van der Waals surface area contributed by atoms with E-state index < -0.39 is 0 Å². The molecule has 0 spiro atoms. The number of aromatic nitrogens is 1. The highest BCUT2D eigenvalue weighted by molar-refractivity contribution is 7.16. The van der Waals surface area contributed by atoms with Crippen molar-refractivity contribution in [3.8, 4) is 6.07 Å². The number of rotatable bonds is 1. The van der Waals surface area contributed by atoms with Crippen LogP contribution in [-0.4, -0.2) is 18.1 Å². The summed E-state index contributed by atoms with van der Waals surface area (Å²) in [6, 6.07) is 2.06. The molecule has 1 aromatic rings. The lowest BCUT2D eigenvalue weighted by atomic mass is 10.1. The molecule has 1 fully saturated rings. The number of nitrogen functional groups attached to an aromatic ring is 1. The van der Waals surface area contributed by atoms with Gasteiger partial charge in [0.05, 0.1) is 0 Å². The Balaban J connectivity index is 2.19. The molecule has 0 amide bonds. The second kappa shape index (κ2) is 3.84. The fourth-order valence-corrected chi connectivity index (χ4v) is 2.45. The first-order chi connectivity index (χ1) is 6.81. The van der Waals surface area contributed by atoms with Gasteiger partial charge in [-0.05, 0) is 19.3 Å². The molecule has 0 aliphatic carbocycles. The van der Waals surface area contributed by atoms with E-state index in [1.54, 1.807) is 0 Å². The Kier molecular flexibility index (Phi) is 2.55. The number of nitriles is 1. The molecule has 1 aliphatic rings. The number of thiazole rings is 1. The SMILES string of the molecule is N#Cc1sc(N2CCCCC2)nc1N. The second-order valence-corrected chi connectivity index (χ2v) is 4.35. The van der Waals surface area contributed by atoms with Crippen LogP contribution in [0.4, 0.5) is 10.9 Å². The first kappa shape index (κ1) is 9.28. The van der Waals surface area contributed by atoms with Gasteiger partial charge in [-0.15, -0.1) is 0 Å². The van der Waals surface area contributed by atoms with Gasteiger partial charge >= 0.3 is 0 Å². The molecule has 4 nitrogen and oxygen atoms in total. The van der Waals surface area contributed by atoms with Crippen LogP contribution in [0.25, 0.3) is 0 Å². The Hall–Kier alpha value is -1.28. The Labute approximate surface area is 87.0 Å². The van der Waals surface area contributed by atoms with E-state index in [1.807, 2.05) is 0 Å². The summed E-state index contributed by atoms with van der Waals surface area (Å²) in [5, 5.41) is 9.65. The Bertz CT molecular complexity index is 359. The third kappa shape index (κ3) is 1.66. The van der Waals surface area contributed by atoms with Crippen LogP contribution < -0.4 is 10.6 Å². The van der Waals surface area contributed by atoms with Gasteiger partial charge in [0.25, 0.3) is 0 Å². The molecule has 0 atom stereocenters. The monoisotopic (exact) mass is 208 g/mol. The van der Waals surface area contributed by atoms with Crippen molar-refractivity contribution in [2.24, 2.45) is 0 Å². The van der Waals surface area contributed by atoms with Gasteiger partial charge in [-0.2, -0.15) is 5.26 Å². The maximum Gasteiger partial charge on any atom is 0.188 e. The molecule has 0 bridgehead atoms. The number of anilines is 2. The maximum absolute atomic E-state index is 8.75. The molecule has 1 saturated heterocycles. The summed E-state index contributed by atoms with van der Waals surface area (Å²) in [4.78, 5) is 6.95. The van der Waals surface area contributed by atoms with Crippen LogP contribution >= 0.6 is 11.3 Å². The van der Waals surface area contributed by atoms with Crippen molar-refractivity contribution >= 4 is 22.3 Å². The van der Waals surface area contributed by atoms with Crippen molar-refractivity contribution in [2.45, 2.75) is 19.3 Å². The normalized spacial score (nSPS) is 16.6. The molecule has 1 aliphatic heterocycles.